The summed E-state index contributed by atoms with van der Waals surface area (Å²) in [5.74, 6) is -0.242. The SMILES string of the molecule is C=C[C@H]1C(COCc2ccc(Cl)cc2)O[C@H](COC)[C@@H](O)[C@H]1OCc1ccc2ccccc2c1. The average molecular weight is 483 g/mol. The molecule has 0 bridgehead atoms. The van der Waals surface area contributed by atoms with E-state index in [0.29, 0.717) is 24.8 Å². The number of aliphatic hydroxyl groups excluding tert-OH is 1. The van der Waals surface area contributed by atoms with E-state index in [1.165, 1.54) is 5.39 Å². The van der Waals surface area contributed by atoms with E-state index >= 15 is 0 Å². The van der Waals surface area contributed by atoms with Crippen LogP contribution in [0.3, 0.4) is 0 Å². The van der Waals surface area contributed by atoms with Crippen molar-refractivity contribution < 1.29 is 24.1 Å². The highest BCUT2D eigenvalue weighted by Gasteiger charge is 2.44. The van der Waals surface area contributed by atoms with E-state index < -0.39 is 18.3 Å². The lowest BCUT2D eigenvalue weighted by Crippen LogP contribution is -2.57. The highest BCUT2D eigenvalue weighted by Crippen LogP contribution is 2.31. The number of ether oxygens (including phenoxy) is 4. The van der Waals surface area contributed by atoms with E-state index in [4.69, 9.17) is 30.5 Å². The molecule has 3 aromatic rings. The van der Waals surface area contributed by atoms with Crippen LogP contribution in [0.1, 0.15) is 11.1 Å². The van der Waals surface area contributed by atoms with Crippen molar-refractivity contribution in [3.8, 4) is 0 Å². The van der Waals surface area contributed by atoms with E-state index in [-0.39, 0.29) is 18.6 Å². The quantitative estimate of drug-likeness (QED) is 0.404. The molecule has 1 aliphatic rings. The molecule has 0 saturated carbocycles. The fraction of sp³-hybridized carbons (Fsp3) is 0.357. The maximum absolute atomic E-state index is 11.0. The first-order valence-electron chi connectivity index (χ1n) is 11.5. The van der Waals surface area contributed by atoms with Crippen molar-refractivity contribution >= 4 is 22.4 Å². The van der Waals surface area contributed by atoms with Gasteiger partial charge in [-0.1, -0.05) is 66.2 Å². The van der Waals surface area contributed by atoms with Gasteiger partial charge in [0.25, 0.3) is 0 Å². The minimum atomic E-state index is -0.851. The molecule has 1 saturated heterocycles. The molecule has 0 amide bonds. The second-order valence-corrected chi connectivity index (χ2v) is 9.01. The number of fused-ring (bicyclic) bond motifs is 1. The van der Waals surface area contributed by atoms with Gasteiger partial charge in [-0.25, -0.2) is 0 Å². The molecule has 5 nitrogen and oxygen atoms in total. The molecule has 3 aromatic carbocycles. The minimum Gasteiger partial charge on any atom is -0.388 e. The average Bonchev–Trinajstić information content (AvgIpc) is 2.86. The number of hydrogen-bond donors (Lipinski definition) is 1. The van der Waals surface area contributed by atoms with Crippen molar-refractivity contribution in [3.05, 3.63) is 95.5 Å². The predicted molar refractivity (Wildman–Crippen MR) is 134 cm³/mol. The van der Waals surface area contributed by atoms with Gasteiger partial charge in [-0.2, -0.15) is 0 Å². The fourth-order valence-corrected chi connectivity index (χ4v) is 4.52. The van der Waals surface area contributed by atoms with Crippen LogP contribution in [0, 0.1) is 5.92 Å². The summed E-state index contributed by atoms with van der Waals surface area (Å²) >= 11 is 5.96. The summed E-state index contributed by atoms with van der Waals surface area (Å²) in [7, 11) is 1.59. The molecule has 0 aromatic heterocycles. The molecule has 1 aliphatic heterocycles. The van der Waals surface area contributed by atoms with Crippen LogP contribution >= 0.6 is 11.6 Å². The summed E-state index contributed by atoms with van der Waals surface area (Å²) in [5, 5.41) is 14.1. The third-order valence-electron chi connectivity index (χ3n) is 6.20. The van der Waals surface area contributed by atoms with Crippen molar-refractivity contribution in [1.82, 2.24) is 0 Å². The third kappa shape index (κ3) is 6.05. The summed E-state index contributed by atoms with van der Waals surface area (Å²) in [6, 6.07) is 22.0. The smallest absolute Gasteiger partial charge is 0.110 e. The standard InChI is InChI=1S/C28H31ClO5/c1-3-24-25(18-32-15-19-9-12-23(29)13-10-19)34-26(17-31-2)27(30)28(24)33-16-20-8-11-21-6-4-5-7-22(21)14-20/h3-14,24-28,30H,1,15-18H2,2H3/t24-,25?,26+,27+,28-/m0/s1. The van der Waals surface area contributed by atoms with E-state index in [1.807, 2.05) is 36.4 Å². The first kappa shape index (κ1) is 24.9. The molecule has 1 heterocycles. The van der Waals surface area contributed by atoms with Gasteiger partial charge in [0.1, 0.15) is 12.2 Å². The molecular weight excluding hydrogens is 452 g/mol. The zero-order chi connectivity index (χ0) is 23.9. The van der Waals surface area contributed by atoms with Crippen LogP contribution in [0.25, 0.3) is 10.8 Å². The fourth-order valence-electron chi connectivity index (χ4n) is 4.39. The van der Waals surface area contributed by atoms with E-state index in [1.54, 1.807) is 13.2 Å². The van der Waals surface area contributed by atoms with Gasteiger partial charge in [-0.05, 0) is 40.1 Å². The Morgan fingerprint density at radius 2 is 1.68 bits per heavy atom. The first-order chi connectivity index (χ1) is 16.6. The molecule has 1 unspecified atom stereocenters. The van der Waals surface area contributed by atoms with Gasteiger partial charge in [0, 0.05) is 18.1 Å². The van der Waals surface area contributed by atoms with Crippen molar-refractivity contribution in [2.45, 2.75) is 37.6 Å². The lowest BCUT2D eigenvalue weighted by atomic mass is 9.86. The number of halogens is 1. The van der Waals surface area contributed by atoms with Gasteiger partial charge in [-0.15, -0.1) is 6.58 Å². The Balaban J connectivity index is 1.44. The van der Waals surface area contributed by atoms with Crippen LogP contribution in [0.2, 0.25) is 5.02 Å². The Hall–Kier alpha value is -2.25. The van der Waals surface area contributed by atoms with Crippen molar-refractivity contribution in [1.29, 1.82) is 0 Å². The highest BCUT2D eigenvalue weighted by molar-refractivity contribution is 6.30. The molecular formula is C28H31ClO5. The van der Waals surface area contributed by atoms with Crippen LogP contribution in [0.4, 0.5) is 0 Å². The molecule has 0 aliphatic carbocycles. The molecule has 0 spiro atoms. The van der Waals surface area contributed by atoms with Gasteiger partial charge in [0.15, 0.2) is 0 Å². The van der Waals surface area contributed by atoms with Crippen LogP contribution in [0.5, 0.6) is 0 Å². The van der Waals surface area contributed by atoms with Crippen LogP contribution in [-0.4, -0.2) is 49.8 Å². The van der Waals surface area contributed by atoms with Crippen molar-refractivity contribution in [2.75, 3.05) is 20.3 Å². The Morgan fingerprint density at radius 3 is 2.41 bits per heavy atom. The zero-order valence-corrected chi connectivity index (χ0v) is 20.1. The van der Waals surface area contributed by atoms with Gasteiger partial charge in [-0.3, -0.25) is 0 Å². The van der Waals surface area contributed by atoms with Crippen LogP contribution < -0.4 is 0 Å². The maximum atomic E-state index is 11.0. The minimum absolute atomic E-state index is 0.242. The Labute approximate surface area is 205 Å². The van der Waals surface area contributed by atoms with E-state index in [0.717, 1.165) is 16.5 Å². The first-order valence-corrected chi connectivity index (χ1v) is 11.8. The predicted octanol–water partition coefficient (Wildman–Crippen LogP) is 5.17. The second-order valence-electron chi connectivity index (χ2n) is 8.57. The number of hydrogen-bond acceptors (Lipinski definition) is 5. The monoisotopic (exact) mass is 482 g/mol. The van der Waals surface area contributed by atoms with Crippen LogP contribution in [-0.2, 0) is 32.2 Å². The Morgan fingerprint density at radius 1 is 0.941 bits per heavy atom. The Bertz CT molecular complexity index is 1070. The number of aliphatic hydroxyl groups is 1. The highest BCUT2D eigenvalue weighted by atomic mass is 35.5. The summed E-state index contributed by atoms with van der Waals surface area (Å²) in [6.45, 7) is 5.39. The van der Waals surface area contributed by atoms with Gasteiger partial charge in [0.05, 0.1) is 38.6 Å². The van der Waals surface area contributed by atoms with Gasteiger partial charge < -0.3 is 24.1 Å². The van der Waals surface area contributed by atoms with Crippen molar-refractivity contribution in [3.63, 3.8) is 0 Å². The summed E-state index contributed by atoms with van der Waals surface area (Å²) in [5.41, 5.74) is 2.06. The second kappa shape index (κ2) is 11.9. The third-order valence-corrected chi connectivity index (χ3v) is 6.45. The summed E-state index contributed by atoms with van der Waals surface area (Å²) < 4.78 is 23.7. The lowest BCUT2D eigenvalue weighted by Gasteiger charge is -2.43. The van der Waals surface area contributed by atoms with Gasteiger partial charge >= 0.3 is 0 Å². The maximum Gasteiger partial charge on any atom is 0.110 e. The number of benzene rings is 3. The molecule has 0 radical (unpaired) electrons. The molecule has 1 N–H and O–H groups in total. The lowest BCUT2D eigenvalue weighted by molar-refractivity contribution is -0.227. The zero-order valence-electron chi connectivity index (χ0n) is 19.3. The van der Waals surface area contributed by atoms with E-state index in [9.17, 15) is 5.11 Å². The summed E-state index contributed by atoms with van der Waals surface area (Å²) in [4.78, 5) is 0. The molecule has 180 valence electrons. The van der Waals surface area contributed by atoms with E-state index in [2.05, 4.69) is 36.9 Å². The normalized spacial score (nSPS) is 24.9. The largest absolute Gasteiger partial charge is 0.388 e. The van der Waals surface area contributed by atoms with Crippen LogP contribution in [0.15, 0.2) is 79.4 Å². The number of rotatable bonds is 10. The number of methoxy groups -OCH3 is 1. The molecule has 5 atom stereocenters. The molecule has 6 heteroatoms. The molecule has 34 heavy (non-hydrogen) atoms. The molecule has 1 fully saturated rings. The summed E-state index contributed by atoms with van der Waals surface area (Å²) in [6.07, 6.45) is -0.409. The topological polar surface area (TPSA) is 57.2 Å². The van der Waals surface area contributed by atoms with Gasteiger partial charge in [0.2, 0.25) is 0 Å². The molecule has 4 rings (SSSR count). The Kier molecular flexibility index (Phi) is 8.73. The van der Waals surface area contributed by atoms with Crippen molar-refractivity contribution in [2.24, 2.45) is 5.92 Å².